The van der Waals surface area contributed by atoms with Crippen LogP contribution >= 0.6 is 11.3 Å². The molecule has 0 atom stereocenters. The predicted octanol–water partition coefficient (Wildman–Crippen LogP) is 1.96. The summed E-state index contributed by atoms with van der Waals surface area (Å²) in [5, 5.41) is 0.644. The van der Waals surface area contributed by atoms with Crippen LogP contribution in [0.25, 0.3) is 10.2 Å². The molecule has 0 N–H and O–H groups in total. The average molecular weight is 267 g/mol. The van der Waals surface area contributed by atoms with Crippen molar-refractivity contribution < 1.29 is 9.18 Å². The van der Waals surface area contributed by atoms with Crippen molar-refractivity contribution in [1.82, 2.24) is 9.88 Å². The van der Waals surface area contributed by atoms with Crippen LogP contribution in [0.4, 0.5) is 9.52 Å². The number of carbonyl (C=O) groups is 1. The molecule has 1 heterocycles. The number of para-hydroxylation sites is 1. The summed E-state index contributed by atoms with van der Waals surface area (Å²) in [7, 11) is 5.18. The molecule has 0 bridgehead atoms. The van der Waals surface area contributed by atoms with Gasteiger partial charge in [0, 0.05) is 21.1 Å². The highest BCUT2D eigenvalue weighted by Crippen LogP contribution is 2.29. The van der Waals surface area contributed by atoms with Gasteiger partial charge >= 0.3 is 0 Å². The SMILES string of the molecule is CN(C)C(=O)CN(C)c1nc2c(F)cccc2s1. The summed E-state index contributed by atoms with van der Waals surface area (Å²) >= 11 is 1.38. The van der Waals surface area contributed by atoms with Crippen LogP contribution < -0.4 is 4.90 Å². The number of thiazole rings is 1. The summed E-state index contributed by atoms with van der Waals surface area (Å²) in [4.78, 5) is 19.1. The van der Waals surface area contributed by atoms with Gasteiger partial charge in [-0.1, -0.05) is 17.4 Å². The Kier molecular flexibility index (Phi) is 3.47. The first-order valence-electron chi connectivity index (χ1n) is 5.45. The Balaban J connectivity index is 2.26. The molecule has 0 saturated carbocycles. The lowest BCUT2D eigenvalue weighted by atomic mass is 10.3. The van der Waals surface area contributed by atoms with Crippen LogP contribution in [-0.4, -0.2) is 43.5 Å². The fourth-order valence-corrected chi connectivity index (χ4v) is 2.42. The Morgan fingerprint density at radius 2 is 2.11 bits per heavy atom. The summed E-state index contributed by atoms with van der Waals surface area (Å²) in [5.41, 5.74) is 0.363. The number of nitrogens with zero attached hydrogens (tertiary/aromatic N) is 3. The van der Waals surface area contributed by atoms with E-state index in [4.69, 9.17) is 0 Å². The topological polar surface area (TPSA) is 36.4 Å². The van der Waals surface area contributed by atoms with E-state index >= 15 is 0 Å². The van der Waals surface area contributed by atoms with Crippen molar-refractivity contribution in [3.05, 3.63) is 24.0 Å². The van der Waals surface area contributed by atoms with E-state index in [0.29, 0.717) is 10.6 Å². The van der Waals surface area contributed by atoms with E-state index < -0.39 is 0 Å². The Morgan fingerprint density at radius 1 is 1.39 bits per heavy atom. The second kappa shape index (κ2) is 4.89. The summed E-state index contributed by atoms with van der Waals surface area (Å²) in [6.45, 7) is 0.231. The number of amides is 1. The summed E-state index contributed by atoms with van der Waals surface area (Å²) < 4.78 is 14.3. The van der Waals surface area contributed by atoms with Gasteiger partial charge < -0.3 is 9.80 Å². The first-order valence-corrected chi connectivity index (χ1v) is 6.27. The third kappa shape index (κ3) is 2.43. The molecule has 0 radical (unpaired) electrons. The zero-order valence-corrected chi connectivity index (χ0v) is 11.3. The molecule has 4 nitrogen and oxygen atoms in total. The van der Waals surface area contributed by atoms with E-state index in [1.807, 2.05) is 6.07 Å². The number of carbonyl (C=O) groups excluding carboxylic acids is 1. The van der Waals surface area contributed by atoms with Crippen LogP contribution in [0.3, 0.4) is 0 Å². The molecule has 0 aliphatic rings. The molecule has 0 spiro atoms. The molecule has 0 saturated heterocycles. The number of anilines is 1. The summed E-state index contributed by atoms with van der Waals surface area (Å²) in [6, 6.07) is 4.86. The van der Waals surface area contributed by atoms with Crippen LogP contribution in [0.15, 0.2) is 18.2 Å². The number of hydrogen-bond acceptors (Lipinski definition) is 4. The van der Waals surface area contributed by atoms with E-state index in [-0.39, 0.29) is 18.3 Å². The van der Waals surface area contributed by atoms with Crippen molar-refractivity contribution in [3.8, 4) is 0 Å². The molecule has 2 rings (SSSR count). The van der Waals surface area contributed by atoms with Gasteiger partial charge in [0.25, 0.3) is 0 Å². The highest BCUT2D eigenvalue weighted by atomic mass is 32.1. The number of fused-ring (bicyclic) bond motifs is 1. The molecule has 0 fully saturated rings. The van der Waals surface area contributed by atoms with E-state index in [1.165, 1.54) is 22.3 Å². The lowest BCUT2D eigenvalue weighted by molar-refractivity contribution is -0.127. The number of benzene rings is 1. The van der Waals surface area contributed by atoms with Gasteiger partial charge in [0.2, 0.25) is 5.91 Å². The first kappa shape index (κ1) is 12.8. The summed E-state index contributed by atoms with van der Waals surface area (Å²) in [6.07, 6.45) is 0. The quantitative estimate of drug-likeness (QED) is 0.853. The normalized spacial score (nSPS) is 10.7. The number of hydrogen-bond donors (Lipinski definition) is 0. The molecule has 0 aliphatic carbocycles. The maximum absolute atomic E-state index is 13.5. The predicted molar refractivity (Wildman–Crippen MR) is 71.5 cm³/mol. The minimum atomic E-state index is -0.331. The highest BCUT2D eigenvalue weighted by Gasteiger charge is 2.14. The van der Waals surface area contributed by atoms with Gasteiger partial charge in [0.05, 0.1) is 11.2 Å². The van der Waals surface area contributed by atoms with E-state index in [2.05, 4.69) is 4.98 Å². The van der Waals surface area contributed by atoms with Crippen molar-refractivity contribution in [3.63, 3.8) is 0 Å². The van der Waals surface area contributed by atoms with Gasteiger partial charge in [-0.15, -0.1) is 0 Å². The highest BCUT2D eigenvalue weighted by molar-refractivity contribution is 7.22. The monoisotopic (exact) mass is 267 g/mol. The maximum Gasteiger partial charge on any atom is 0.241 e. The van der Waals surface area contributed by atoms with Crippen LogP contribution in [0.5, 0.6) is 0 Å². The average Bonchev–Trinajstić information content (AvgIpc) is 2.74. The number of halogens is 1. The molecule has 0 unspecified atom stereocenters. The Hall–Kier alpha value is -1.69. The fraction of sp³-hybridized carbons (Fsp3) is 0.333. The zero-order chi connectivity index (χ0) is 13.3. The third-order valence-electron chi connectivity index (χ3n) is 2.56. The van der Waals surface area contributed by atoms with Crippen molar-refractivity contribution in [2.45, 2.75) is 0 Å². The second-order valence-corrected chi connectivity index (χ2v) is 5.24. The van der Waals surface area contributed by atoms with E-state index in [9.17, 15) is 9.18 Å². The standard InChI is InChI=1S/C12H14FN3OS/c1-15(2)10(17)7-16(3)12-14-11-8(13)5-4-6-9(11)18-12/h4-6H,7H2,1-3H3. The van der Waals surface area contributed by atoms with Gasteiger partial charge in [-0.05, 0) is 12.1 Å². The molecule has 1 aromatic heterocycles. The Bertz CT molecular complexity index is 582. The van der Waals surface area contributed by atoms with E-state index in [1.54, 1.807) is 32.1 Å². The number of likely N-dealkylation sites (N-methyl/N-ethyl adjacent to an activating group) is 2. The first-order chi connectivity index (χ1) is 8.49. The Labute approximate surface area is 109 Å². The zero-order valence-electron chi connectivity index (χ0n) is 10.5. The lowest BCUT2D eigenvalue weighted by Gasteiger charge is -2.17. The molecule has 2 aromatic rings. The van der Waals surface area contributed by atoms with Crippen LogP contribution in [-0.2, 0) is 4.79 Å². The van der Waals surface area contributed by atoms with Crippen molar-refractivity contribution in [2.24, 2.45) is 0 Å². The van der Waals surface area contributed by atoms with Crippen molar-refractivity contribution in [1.29, 1.82) is 0 Å². The molecule has 0 aliphatic heterocycles. The molecule has 1 amide bonds. The van der Waals surface area contributed by atoms with Gasteiger partial charge in [-0.2, -0.15) is 0 Å². The number of rotatable bonds is 3. The molecule has 18 heavy (non-hydrogen) atoms. The van der Waals surface area contributed by atoms with Crippen LogP contribution in [0, 0.1) is 5.82 Å². The van der Waals surface area contributed by atoms with Gasteiger partial charge in [-0.3, -0.25) is 4.79 Å². The molecule has 6 heteroatoms. The maximum atomic E-state index is 13.5. The molecular formula is C12H14FN3OS. The van der Waals surface area contributed by atoms with Crippen LogP contribution in [0.2, 0.25) is 0 Å². The molecular weight excluding hydrogens is 253 g/mol. The van der Waals surface area contributed by atoms with E-state index in [0.717, 1.165) is 4.70 Å². The minimum absolute atomic E-state index is 0.0165. The molecule has 96 valence electrons. The van der Waals surface area contributed by atoms with Gasteiger partial charge in [0.15, 0.2) is 5.13 Å². The Morgan fingerprint density at radius 3 is 2.72 bits per heavy atom. The number of aromatic nitrogens is 1. The fourth-order valence-electron chi connectivity index (χ4n) is 1.48. The van der Waals surface area contributed by atoms with Crippen LogP contribution in [0.1, 0.15) is 0 Å². The lowest BCUT2D eigenvalue weighted by Crippen LogP contribution is -2.34. The second-order valence-electron chi connectivity index (χ2n) is 4.23. The third-order valence-corrected chi connectivity index (χ3v) is 3.69. The van der Waals surface area contributed by atoms with Crippen molar-refractivity contribution >= 4 is 32.6 Å². The summed E-state index contributed by atoms with van der Waals surface area (Å²) in [5.74, 6) is -0.348. The van der Waals surface area contributed by atoms with Gasteiger partial charge in [-0.25, -0.2) is 9.37 Å². The molecule has 1 aromatic carbocycles. The van der Waals surface area contributed by atoms with Gasteiger partial charge in [0.1, 0.15) is 11.3 Å². The largest absolute Gasteiger partial charge is 0.347 e. The minimum Gasteiger partial charge on any atom is -0.347 e. The smallest absolute Gasteiger partial charge is 0.241 e. The van der Waals surface area contributed by atoms with Crippen molar-refractivity contribution in [2.75, 3.05) is 32.6 Å².